The molecule has 1 aromatic heterocycles. The molecule has 212 valence electrons. The Hall–Kier alpha value is -3.66. The molecule has 3 aliphatic heterocycles. The number of carbonyl (C=O) groups excluding carboxylic acids is 3. The Labute approximate surface area is 233 Å². The number of likely N-dealkylation sites (tertiary alicyclic amines) is 1. The van der Waals surface area contributed by atoms with Gasteiger partial charge in [-0.2, -0.15) is 0 Å². The Morgan fingerprint density at radius 3 is 2.55 bits per heavy atom. The van der Waals surface area contributed by atoms with E-state index in [1.165, 1.54) is 6.42 Å². The number of nitrogens with zero attached hydrogens (tertiary/aromatic N) is 2. The third kappa shape index (κ3) is 4.38. The Morgan fingerprint density at radius 2 is 1.88 bits per heavy atom. The van der Waals surface area contributed by atoms with Crippen LogP contribution in [0.4, 0.5) is 5.82 Å². The zero-order valence-corrected chi connectivity index (χ0v) is 23.1. The minimum absolute atomic E-state index is 0.0721. The van der Waals surface area contributed by atoms with E-state index in [2.05, 4.69) is 15.8 Å². The topological polar surface area (TPSA) is 123 Å². The summed E-state index contributed by atoms with van der Waals surface area (Å²) >= 11 is 0. The number of fused-ring (bicyclic) bond motifs is 1. The molecule has 2 bridgehead atoms. The number of amides is 3. The van der Waals surface area contributed by atoms with Crippen molar-refractivity contribution in [3.63, 3.8) is 0 Å². The van der Waals surface area contributed by atoms with Gasteiger partial charge in [0.2, 0.25) is 17.7 Å². The van der Waals surface area contributed by atoms with E-state index in [1.54, 1.807) is 31.9 Å². The van der Waals surface area contributed by atoms with E-state index < -0.39 is 29.1 Å². The number of anilines is 1. The molecule has 4 heterocycles. The van der Waals surface area contributed by atoms with E-state index in [9.17, 15) is 14.4 Å². The van der Waals surface area contributed by atoms with Gasteiger partial charge in [-0.25, -0.2) is 0 Å². The van der Waals surface area contributed by atoms with Crippen LogP contribution in [-0.4, -0.2) is 64.7 Å². The number of aryl methyl sites for hydroxylation is 1. The van der Waals surface area contributed by atoms with Crippen LogP contribution in [0.2, 0.25) is 0 Å². The summed E-state index contributed by atoms with van der Waals surface area (Å²) in [5, 5.41) is 9.90. The van der Waals surface area contributed by atoms with E-state index in [0.29, 0.717) is 18.7 Å². The number of benzene rings is 1. The van der Waals surface area contributed by atoms with E-state index >= 15 is 0 Å². The minimum Gasteiger partial charge on any atom is -0.497 e. The van der Waals surface area contributed by atoms with Crippen LogP contribution < -0.4 is 15.4 Å². The highest BCUT2D eigenvalue weighted by atomic mass is 16.5. The smallest absolute Gasteiger partial charge is 0.246 e. The standard InChI is InChI=1S/C30H36N4O6/c1-18-17-22(33-39-18)32-26(35)23-24-28(37)34(16-13-19-9-11-21(38-3)12-10-19)25(30(24)15-14-29(23,2)40-30)27(36)31-20-7-5-4-6-8-20/h9-12,14-15,17,20,23-25H,4-8,13,16H2,1-3H3,(H,31,36)(H,32,33,35)/t23-,24+,25-,29+,30-/m1/s1. The molecule has 5 atom stereocenters. The summed E-state index contributed by atoms with van der Waals surface area (Å²) < 4.78 is 17.0. The zero-order valence-electron chi connectivity index (χ0n) is 23.1. The fourth-order valence-corrected chi connectivity index (χ4v) is 7.07. The number of aromatic nitrogens is 1. The van der Waals surface area contributed by atoms with Crippen LogP contribution in [0, 0.1) is 18.8 Å². The van der Waals surface area contributed by atoms with Crippen molar-refractivity contribution < 1.29 is 28.4 Å². The van der Waals surface area contributed by atoms with Gasteiger partial charge in [0.1, 0.15) is 23.2 Å². The van der Waals surface area contributed by atoms with Crippen molar-refractivity contribution in [3.05, 3.63) is 53.8 Å². The fraction of sp³-hybridized carbons (Fsp3) is 0.533. The maximum Gasteiger partial charge on any atom is 0.246 e. The van der Waals surface area contributed by atoms with Crippen LogP contribution in [0.15, 0.2) is 47.0 Å². The second-order valence-electron chi connectivity index (χ2n) is 11.6. The van der Waals surface area contributed by atoms with Crippen molar-refractivity contribution in [3.8, 4) is 5.75 Å². The number of ether oxygens (including phenoxy) is 2. The lowest BCUT2D eigenvalue weighted by Crippen LogP contribution is -2.57. The quantitative estimate of drug-likeness (QED) is 0.486. The average Bonchev–Trinajstić information content (AvgIpc) is 3.65. The number of hydrogen-bond donors (Lipinski definition) is 2. The molecule has 10 heteroatoms. The molecular formula is C30H36N4O6. The molecule has 40 heavy (non-hydrogen) atoms. The highest BCUT2D eigenvalue weighted by Gasteiger charge is 2.76. The monoisotopic (exact) mass is 548 g/mol. The molecule has 1 aromatic carbocycles. The predicted molar refractivity (Wildman–Crippen MR) is 145 cm³/mol. The van der Waals surface area contributed by atoms with Crippen molar-refractivity contribution in [2.24, 2.45) is 11.8 Å². The Kier molecular flexibility index (Phi) is 6.68. The number of hydrogen-bond acceptors (Lipinski definition) is 7. The van der Waals surface area contributed by atoms with Gasteiger partial charge in [-0.15, -0.1) is 0 Å². The van der Waals surface area contributed by atoms with Crippen molar-refractivity contribution in [2.75, 3.05) is 19.0 Å². The molecule has 1 saturated carbocycles. The van der Waals surface area contributed by atoms with Crippen molar-refractivity contribution in [2.45, 2.75) is 75.7 Å². The largest absolute Gasteiger partial charge is 0.497 e. The molecular weight excluding hydrogens is 512 g/mol. The molecule has 0 radical (unpaired) electrons. The van der Waals surface area contributed by atoms with Crippen LogP contribution in [-0.2, 0) is 25.5 Å². The van der Waals surface area contributed by atoms with Gasteiger partial charge in [-0.05, 0) is 50.8 Å². The molecule has 1 spiro atoms. The number of carbonyl (C=O) groups is 3. The summed E-state index contributed by atoms with van der Waals surface area (Å²) in [5.41, 5.74) is -1.25. The van der Waals surface area contributed by atoms with Gasteiger partial charge >= 0.3 is 0 Å². The summed E-state index contributed by atoms with van der Waals surface area (Å²) in [6.45, 7) is 3.86. The van der Waals surface area contributed by atoms with Crippen molar-refractivity contribution in [1.29, 1.82) is 0 Å². The summed E-state index contributed by atoms with van der Waals surface area (Å²) in [5.74, 6) is -0.945. The summed E-state index contributed by atoms with van der Waals surface area (Å²) in [4.78, 5) is 43.5. The summed E-state index contributed by atoms with van der Waals surface area (Å²) in [6, 6.07) is 8.48. The normalized spacial score (nSPS) is 30.9. The van der Waals surface area contributed by atoms with Gasteiger partial charge < -0.3 is 29.5 Å². The average molecular weight is 549 g/mol. The van der Waals surface area contributed by atoms with Gasteiger partial charge in [0.05, 0.1) is 24.5 Å². The second kappa shape index (κ2) is 10.1. The molecule has 1 aliphatic carbocycles. The Morgan fingerprint density at radius 1 is 1.12 bits per heavy atom. The lowest BCUT2D eigenvalue weighted by atomic mass is 9.70. The van der Waals surface area contributed by atoms with Crippen molar-refractivity contribution in [1.82, 2.24) is 15.4 Å². The molecule has 3 fully saturated rings. The van der Waals surface area contributed by atoms with Crippen LogP contribution in [0.3, 0.4) is 0 Å². The minimum atomic E-state index is -1.23. The first kappa shape index (κ1) is 26.6. The second-order valence-corrected chi connectivity index (χ2v) is 11.6. The number of nitrogens with one attached hydrogen (secondary N) is 2. The molecule has 4 aliphatic rings. The lowest BCUT2D eigenvalue weighted by molar-refractivity contribution is -0.144. The van der Waals surface area contributed by atoms with Gasteiger partial charge in [-0.1, -0.05) is 48.7 Å². The molecule has 2 saturated heterocycles. The van der Waals surface area contributed by atoms with Crippen LogP contribution in [0.5, 0.6) is 5.75 Å². The first-order valence-electron chi connectivity index (χ1n) is 14.1. The zero-order chi connectivity index (χ0) is 28.1. The first-order valence-corrected chi connectivity index (χ1v) is 14.1. The molecule has 3 amide bonds. The van der Waals surface area contributed by atoms with Gasteiger partial charge in [0.15, 0.2) is 5.82 Å². The summed E-state index contributed by atoms with van der Waals surface area (Å²) in [6.07, 6.45) is 9.38. The van der Waals surface area contributed by atoms with E-state index in [0.717, 1.165) is 37.0 Å². The molecule has 6 rings (SSSR count). The maximum absolute atomic E-state index is 14.2. The Bertz CT molecular complexity index is 1330. The van der Waals surface area contributed by atoms with E-state index in [1.807, 2.05) is 36.4 Å². The Balaban J connectivity index is 1.31. The highest BCUT2D eigenvalue weighted by molar-refractivity contribution is 6.03. The van der Waals surface area contributed by atoms with Crippen molar-refractivity contribution >= 4 is 23.5 Å². The SMILES string of the molecule is COc1ccc(CCN2C(=O)[C@@H]3[C@H](C(=O)Nc4cc(C)on4)[C@]4(C)C=C[C@]3(O4)[C@H]2C(=O)NC2CCCCC2)cc1. The third-order valence-corrected chi connectivity index (χ3v) is 8.96. The summed E-state index contributed by atoms with van der Waals surface area (Å²) in [7, 11) is 1.62. The van der Waals surface area contributed by atoms with E-state index in [4.69, 9.17) is 14.0 Å². The molecule has 2 N–H and O–H groups in total. The van der Waals surface area contributed by atoms with Crippen LogP contribution in [0.25, 0.3) is 0 Å². The molecule has 10 nitrogen and oxygen atoms in total. The van der Waals surface area contributed by atoms with Crippen LogP contribution >= 0.6 is 0 Å². The van der Waals surface area contributed by atoms with Gasteiger partial charge in [0, 0.05) is 18.7 Å². The molecule has 0 unspecified atom stereocenters. The predicted octanol–water partition coefficient (Wildman–Crippen LogP) is 3.16. The van der Waals surface area contributed by atoms with Gasteiger partial charge in [-0.3, -0.25) is 14.4 Å². The maximum atomic E-state index is 14.2. The van der Waals surface area contributed by atoms with E-state index in [-0.39, 0.29) is 29.6 Å². The fourth-order valence-electron chi connectivity index (χ4n) is 7.07. The lowest BCUT2D eigenvalue weighted by Gasteiger charge is -2.34. The highest BCUT2D eigenvalue weighted by Crippen LogP contribution is 2.59. The third-order valence-electron chi connectivity index (χ3n) is 8.96. The number of methoxy groups -OCH3 is 1. The molecule has 2 aromatic rings. The number of rotatable bonds is 8. The van der Waals surface area contributed by atoms with Crippen LogP contribution in [0.1, 0.15) is 50.4 Å². The van der Waals surface area contributed by atoms with Gasteiger partial charge in [0.25, 0.3) is 0 Å². The first-order chi connectivity index (χ1) is 19.2.